The van der Waals surface area contributed by atoms with E-state index in [1.54, 1.807) is 0 Å². The maximum atomic E-state index is 5.57. The molecule has 0 aliphatic heterocycles. The number of hydrogen-bond donors (Lipinski definition) is 0. The summed E-state index contributed by atoms with van der Waals surface area (Å²) in [7, 11) is 0. The highest BCUT2D eigenvalue weighted by Gasteiger charge is 2.24. The molecule has 0 fully saturated rings. The monoisotopic (exact) mass is 216 g/mol. The predicted molar refractivity (Wildman–Crippen MR) is 53.3 cm³/mol. The van der Waals surface area contributed by atoms with Gasteiger partial charge in [0.15, 0.2) is 0 Å². The maximum Gasteiger partial charge on any atom is 0.372 e. The lowest BCUT2D eigenvalue weighted by Gasteiger charge is -2.05. The second-order valence-corrected chi connectivity index (χ2v) is 4.25. The summed E-state index contributed by atoms with van der Waals surface area (Å²) in [5.41, 5.74) is -0.250. The molecule has 0 atom stereocenters. The Kier molecular flexibility index (Phi) is 5.31. The van der Waals surface area contributed by atoms with Gasteiger partial charge in [0.1, 0.15) is 0 Å². The van der Waals surface area contributed by atoms with Crippen molar-refractivity contribution in [2.24, 2.45) is 0 Å². The van der Waals surface area contributed by atoms with Crippen LogP contribution in [-0.4, -0.2) is 11.1 Å². The van der Waals surface area contributed by atoms with E-state index in [4.69, 9.17) is 45.8 Å². The van der Waals surface area contributed by atoms with Gasteiger partial charge in [0.2, 0.25) is 0 Å². The third-order valence-corrected chi connectivity index (χ3v) is 1.99. The van der Waals surface area contributed by atoms with Crippen molar-refractivity contribution < 1.29 is 0 Å². The first-order valence-electron chi connectivity index (χ1n) is 2.70. The normalized spacial score (nSPS) is 9.00. The third-order valence-electron chi connectivity index (χ3n) is 1.05. The molecule has 56 valence electrons. The van der Waals surface area contributed by atoms with Crippen LogP contribution in [0.15, 0.2) is 10.9 Å². The van der Waals surface area contributed by atoms with Gasteiger partial charge in [-0.1, -0.05) is 10.9 Å². The van der Waals surface area contributed by atoms with E-state index in [0.717, 1.165) is 5.57 Å². The Labute approximate surface area is 81.7 Å². The van der Waals surface area contributed by atoms with Crippen molar-refractivity contribution in [1.29, 1.82) is 0 Å². The smallest absolute Gasteiger partial charge is 0.166 e. The van der Waals surface area contributed by atoms with E-state index in [1.165, 1.54) is 0 Å². The zero-order valence-electron chi connectivity index (χ0n) is 5.67. The van der Waals surface area contributed by atoms with E-state index < -0.39 is 11.1 Å². The van der Waals surface area contributed by atoms with Crippen LogP contribution in [0.1, 0.15) is 13.8 Å². The standard InChI is InChI=1S/C4H6B2Cl4/c1-3(2)4(5(7)8)6(9)10/h1-2H3. The Morgan fingerprint density at radius 1 is 0.900 bits per heavy atom. The topological polar surface area (TPSA) is 0 Å². The van der Waals surface area contributed by atoms with E-state index in [-0.39, 0.29) is 0 Å². The zero-order chi connectivity index (χ0) is 8.31. The van der Waals surface area contributed by atoms with Crippen LogP contribution in [0.4, 0.5) is 0 Å². The lowest BCUT2D eigenvalue weighted by molar-refractivity contribution is 1.40. The molecule has 0 saturated heterocycles. The first-order chi connectivity index (χ1) is 4.46. The van der Waals surface area contributed by atoms with Gasteiger partial charge < -0.3 is 0 Å². The molecule has 0 rings (SSSR count). The molecule has 10 heavy (non-hydrogen) atoms. The average molecular weight is 218 g/mol. The molecular formula is C4H6B2Cl4. The molecule has 0 aliphatic rings. The Morgan fingerprint density at radius 2 is 1.20 bits per heavy atom. The van der Waals surface area contributed by atoms with Crippen molar-refractivity contribution in [2.45, 2.75) is 13.8 Å². The van der Waals surface area contributed by atoms with Gasteiger partial charge >= 0.3 is 11.1 Å². The molecule has 0 aromatic heterocycles. The number of allylic oxidation sites excluding steroid dienone is 1. The summed E-state index contributed by atoms with van der Waals surface area (Å²) < 4.78 is 0. The molecule has 0 aliphatic carbocycles. The molecule has 0 saturated carbocycles. The fraction of sp³-hybridized carbons (Fsp3) is 0.500. The summed E-state index contributed by atoms with van der Waals surface area (Å²) in [5, 5.41) is 0.673. The van der Waals surface area contributed by atoms with Crippen molar-refractivity contribution in [3.05, 3.63) is 10.9 Å². The molecule has 0 amide bonds. The van der Waals surface area contributed by atoms with Gasteiger partial charge in [0, 0.05) is 0 Å². The van der Waals surface area contributed by atoms with Gasteiger partial charge in [-0.2, -0.15) is 45.8 Å². The maximum absolute atomic E-state index is 5.57. The molecule has 0 spiro atoms. The lowest BCUT2D eigenvalue weighted by Crippen LogP contribution is -2.13. The van der Waals surface area contributed by atoms with Crippen LogP contribution in [0.25, 0.3) is 0 Å². The molecule has 6 heteroatoms. The van der Waals surface area contributed by atoms with Crippen LogP contribution in [0, 0.1) is 0 Å². The Hall–Kier alpha value is 1.03. The molecule has 0 N–H and O–H groups in total. The number of halogens is 4. The highest BCUT2D eigenvalue weighted by atomic mass is 35.5. The first kappa shape index (κ1) is 11.0. The van der Waals surface area contributed by atoms with Gasteiger partial charge in [-0.05, 0) is 13.8 Å². The fourth-order valence-electron chi connectivity index (χ4n) is 0.532. The fourth-order valence-corrected chi connectivity index (χ4v) is 2.17. The molecule has 0 aromatic rings. The van der Waals surface area contributed by atoms with Crippen molar-refractivity contribution in [3.8, 4) is 0 Å². The molecule has 0 heterocycles. The Morgan fingerprint density at radius 3 is 1.20 bits per heavy atom. The second kappa shape index (κ2) is 4.82. The summed E-state index contributed by atoms with van der Waals surface area (Å²) >= 11 is 22.3. The third kappa shape index (κ3) is 3.43. The largest absolute Gasteiger partial charge is 0.372 e. The van der Waals surface area contributed by atoms with Gasteiger partial charge in [-0.15, -0.1) is 0 Å². The minimum atomic E-state index is -0.606. The summed E-state index contributed by atoms with van der Waals surface area (Å²) in [6.45, 7) is 3.73. The van der Waals surface area contributed by atoms with Crippen LogP contribution in [0.5, 0.6) is 0 Å². The van der Waals surface area contributed by atoms with E-state index in [2.05, 4.69) is 0 Å². The molecular weight excluding hydrogens is 211 g/mol. The zero-order valence-corrected chi connectivity index (χ0v) is 8.69. The SMILES string of the molecule is CC(C)=C(B(Cl)Cl)B(Cl)Cl. The summed E-state index contributed by atoms with van der Waals surface area (Å²) in [6.07, 6.45) is 0. The van der Waals surface area contributed by atoms with Crippen molar-refractivity contribution in [3.63, 3.8) is 0 Å². The van der Waals surface area contributed by atoms with Crippen molar-refractivity contribution in [2.75, 3.05) is 0 Å². The van der Waals surface area contributed by atoms with E-state index in [1.807, 2.05) is 13.8 Å². The highest BCUT2D eigenvalue weighted by Crippen LogP contribution is 2.21. The lowest BCUT2D eigenvalue weighted by atomic mass is 9.71. The first-order valence-corrected chi connectivity index (χ1v) is 4.45. The summed E-state index contributed by atoms with van der Waals surface area (Å²) in [5.74, 6) is 0. The molecule has 0 nitrogen and oxygen atoms in total. The second-order valence-electron chi connectivity index (χ2n) is 2.06. The minimum absolute atomic E-state index is 0.606. The quantitative estimate of drug-likeness (QED) is 0.623. The van der Waals surface area contributed by atoms with E-state index in [0.29, 0.717) is 5.37 Å². The van der Waals surface area contributed by atoms with Crippen LogP contribution >= 0.6 is 45.8 Å². The van der Waals surface area contributed by atoms with E-state index >= 15 is 0 Å². The van der Waals surface area contributed by atoms with Gasteiger partial charge in [-0.3, -0.25) is 0 Å². The van der Waals surface area contributed by atoms with Gasteiger partial charge in [0.25, 0.3) is 0 Å². The molecule has 0 bridgehead atoms. The van der Waals surface area contributed by atoms with Crippen LogP contribution in [0.3, 0.4) is 0 Å². The van der Waals surface area contributed by atoms with E-state index in [9.17, 15) is 0 Å². The van der Waals surface area contributed by atoms with Crippen molar-refractivity contribution >= 4 is 56.9 Å². The van der Waals surface area contributed by atoms with Crippen LogP contribution in [-0.2, 0) is 0 Å². The predicted octanol–water partition coefficient (Wildman–Crippen LogP) is 3.33. The molecule has 0 radical (unpaired) electrons. The highest BCUT2D eigenvalue weighted by molar-refractivity contribution is 7.50. The summed E-state index contributed by atoms with van der Waals surface area (Å²) in [4.78, 5) is 0. The molecule has 0 aromatic carbocycles. The van der Waals surface area contributed by atoms with Gasteiger partial charge in [0.05, 0.1) is 0 Å². The minimum Gasteiger partial charge on any atom is -0.166 e. The van der Waals surface area contributed by atoms with Crippen LogP contribution < -0.4 is 0 Å². The molecule has 0 unspecified atom stereocenters. The Balaban J connectivity index is 4.44. The average Bonchev–Trinajstić information content (AvgIpc) is 1.59. The summed E-state index contributed by atoms with van der Waals surface area (Å²) in [6, 6.07) is 0. The number of hydrogen-bond acceptors (Lipinski definition) is 0. The van der Waals surface area contributed by atoms with Crippen LogP contribution in [0.2, 0.25) is 0 Å². The number of rotatable bonds is 2. The van der Waals surface area contributed by atoms with Crippen molar-refractivity contribution in [1.82, 2.24) is 0 Å². The van der Waals surface area contributed by atoms with Gasteiger partial charge in [-0.25, -0.2) is 0 Å². The Bertz CT molecular complexity index is 128.